The fourth-order valence-corrected chi connectivity index (χ4v) is 2.31. The smallest absolute Gasteiger partial charge is 0.170 e. The van der Waals surface area contributed by atoms with Gasteiger partial charge in [0.05, 0.1) is 11.8 Å². The lowest BCUT2D eigenvalue weighted by atomic mass is 9.86. The molecule has 0 aliphatic heterocycles. The summed E-state index contributed by atoms with van der Waals surface area (Å²) in [6, 6.07) is 0.316. The Hall–Kier alpha value is -1.62. The zero-order chi connectivity index (χ0) is 21.6. The van der Waals surface area contributed by atoms with E-state index >= 15 is 0 Å². The van der Waals surface area contributed by atoms with Crippen LogP contribution in [0.3, 0.4) is 0 Å². The molecule has 0 nitrogen and oxygen atoms in total. The summed E-state index contributed by atoms with van der Waals surface area (Å²) in [6.45, 7) is 0.856. The molecule has 1 aromatic rings. The van der Waals surface area contributed by atoms with Crippen LogP contribution in [-0.4, -0.2) is 24.7 Å². The van der Waals surface area contributed by atoms with Gasteiger partial charge in [0.15, 0.2) is 5.92 Å². The zero-order valence-electron chi connectivity index (χ0n) is 13.5. The standard InChI is InChI=1S/C15H12F12/c1-6(12(16,17)18)8-3-9(7(2)13(19,20)21)5-10(4-8)11(14(22,23)24)15(25,26)27/h3-7,11H,1-2H3. The first-order valence-corrected chi connectivity index (χ1v) is 7.18. The molecule has 0 radical (unpaired) electrons. The minimum absolute atomic E-state index is 0.00357. The molecule has 0 aromatic heterocycles. The van der Waals surface area contributed by atoms with Crippen LogP contribution in [0.15, 0.2) is 18.2 Å². The predicted octanol–water partition coefficient (Wildman–Crippen LogP) is 7.23. The van der Waals surface area contributed by atoms with Gasteiger partial charge in [0.1, 0.15) is 0 Å². The molecular formula is C15H12F12. The molecule has 0 bridgehead atoms. The highest BCUT2D eigenvalue weighted by molar-refractivity contribution is 5.38. The fourth-order valence-electron chi connectivity index (χ4n) is 2.31. The van der Waals surface area contributed by atoms with E-state index < -0.39 is 59.1 Å². The first kappa shape index (κ1) is 23.4. The highest BCUT2D eigenvalue weighted by Gasteiger charge is 2.58. The van der Waals surface area contributed by atoms with Gasteiger partial charge in [-0.15, -0.1) is 0 Å². The lowest BCUT2D eigenvalue weighted by Gasteiger charge is -2.27. The van der Waals surface area contributed by atoms with Crippen molar-refractivity contribution in [2.75, 3.05) is 0 Å². The van der Waals surface area contributed by atoms with Crippen LogP contribution in [0.1, 0.15) is 48.3 Å². The van der Waals surface area contributed by atoms with Crippen molar-refractivity contribution in [3.05, 3.63) is 34.9 Å². The second kappa shape index (κ2) is 7.08. The molecule has 0 amide bonds. The molecular weight excluding hydrogens is 408 g/mol. The van der Waals surface area contributed by atoms with E-state index in [1.807, 2.05) is 0 Å². The van der Waals surface area contributed by atoms with Gasteiger partial charge in [-0.3, -0.25) is 0 Å². The van der Waals surface area contributed by atoms with Gasteiger partial charge < -0.3 is 0 Å². The van der Waals surface area contributed by atoms with E-state index in [0.717, 1.165) is 0 Å². The molecule has 0 saturated carbocycles. The summed E-state index contributed by atoms with van der Waals surface area (Å²) in [5, 5.41) is 0. The maximum absolute atomic E-state index is 12.9. The summed E-state index contributed by atoms with van der Waals surface area (Å²) in [6.07, 6.45) is -22.1. The Morgan fingerprint density at radius 1 is 0.481 bits per heavy atom. The first-order valence-electron chi connectivity index (χ1n) is 7.18. The molecule has 0 aliphatic rings. The Bertz CT molecular complexity index is 594. The quantitative estimate of drug-likeness (QED) is 0.453. The third-order valence-corrected chi connectivity index (χ3v) is 3.97. The average molecular weight is 420 g/mol. The van der Waals surface area contributed by atoms with Crippen LogP contribution in [-0.2, 0) is 0 Å². The van der Waals surface area contributed by atoms with Crippen molar-refractivity contribution in [2.45, 2.75) is 56.3 Å². The van der Waals surface area contributed by atoms with Gasteiger partial charge in [0.2, 0.25) is 0 Å². The van der Waals surface area contributed by atoms with E-state index in [1.54, 1.807) is 0 Å². The average Bonchev–Trinajstić information content (AvgIpc) is 2.40. The van der Waals surface area contributed by atoms with E-state index in [0.29, 0.717) is 19.9 Å². The number of hydrogen-bond acceptors (Lipinski definition) is 0. The molecule has 0 N–H and O–H groups in total. The van der Waals surface area contributed by atoms with Gasteiger partial charge in [0, 0.05) is 0 Å². The van der Waals surface area contributed by atoms with E-state index in [1.165, 1.54) is 0 Å². The largest absolute Gasteiger partial charge is 0.404 e. The summed E-state index contributed by atoms with van der Waals surface area (Å²) in [5.41, 5.74) is -3.97. The van der Waals surface area contributed by atoms with E-state index in [-0.39, 0.29) is 12.1 Å². The summed E-state index contributed by atoms with van der Waals surface area (Å²) in [7, 11) is 0. The number of halogens is 12. The molecule has 12 heteroatoms. The molecule has 27 heavy (non-hydrogen) atoms. The number of benzene rings is 1. The number of hydrogen-bond donors (Lipinski definition) is 0. The van der Waals surface area contributed by atoms with Crippen LogP contribution >= 0.6 is 0 Å². The van der Waals surface area contributed by atoms with E-state index in [2.05, 4.69) is 0 Å². The highest BCUT2D eigenvalue weighted by atomic mass is 19.4. The van der Waals surface area contributed by atoms with Crippen molar-refractivity contribution in [2.24, 2.45) is 0 Å². The van der Waals surface area contributed by atoms with Gasteiger partial charge in [-0.2, -0.15) is 52.7 Å². The topological polar surface area (TPSA) is 0 Å². The highest BCUT2D eigenvalue weighted by Crippen LogP contribution is 2.48. The van der Waals surface area contributed by atoms with Gasteiger partial charge in [-0.1, -0.05) is 18.2 Å². The van der Waals surface area contributed by atoms with Gasteiger partial charge in [0.25, 0.3) is 0 Å². The second-order valence-corrected chi connectivity index (χ2v) is 5.98. The van der Waals surface area contributed by atoms with Crippen LogP contribution in [0.4, 0.5) is 52.7 Å². The molecule has 0 aliphatic carbocycles. The van der Waals surface area contributed by atoms with Crippen LogP contribution < -0.4 is 0 Å². The molecule has 2 unspecified atom stereocenters. The molecule has 2 atom stereocenters. The molecule has 0 heterocycles. The van der Waals surface area contributed by atoms with E-state index in [4.69, 9.17) is 0 Å². The summed E-state index contributed by atoms with van der Waals surface area (Å²) >= 11 is 0. The van der Waals surface area contributed by atoms with Crippen molar-refractivity contribution in [1.29, 1.82) is 0 Å². The molecule has 156 valence electrons. The van der Waals surface area contributed by atoms with Crippen LogP contribution in [0.25, 0.3) is 0 Å². The maximum atomic E-state index is 12.9. The summed E-state index contributed by atoms with van der Waals surface area (Å²) in [4.78, 5) is 0. The third kappa shape index (κ3) is 5.68. The SMILES string of the molecule is CC(c1cc(C(C)C(F)(F)F)cc(C(C(F)(F)F)C(F)(F)F)c1)C(F)(F)F. The minimum Gasteiger partial charge on any atom is -0.170 e. The van der Waals surface area contributed by atoms with Crippen molar-refractivity contribution in [1.82, 2.24) is 0 Å². The van der Waals surface area contributed by atoms with Crippen LogP contribution in [0.5, 0.6) is 0 Å². The zero-order valence-corrected chi connectivity index (χ0v) is 13.5. The van der Waals surface area contributed by atoms with Gasteiger partial charge in [-0.05, 0) is 30.5 Å². The van der Waals surface area contributed by atoms with Gasteiger partial charge >= 0.3 is 24.7 Å². The molecule has 1 aromatic carbocycles. The van der Waals surface area contributed by atoms with Crippen LogP contribution in [0.2, 0.25) is 0 Å². The van der Waals surface area contributed by atoms with Crippen LogP contribution in [0, 0.1) is 0 Å². The lowest BCUT2D eigenvalue weighted by molar-refractivity contribution is -0.253. The summed E-state index contributed by atoms with van der Waals surface area (Å²) in [5.74, 6) is -9.36. The normalized spacial score (nSPS) is 16.6. The lowest BCUT2D eigenvalue weighted by Crippen LogP contribution is -2.34. The fraction of sp³-hybridized carbons (Fsp3) is 0.600. The Kier molecular flexibility index (Phi) is 6.14. The Morgan fingerprint density at radius 3 is 0.963 bits per heavy atom. The predicted molar refractivity (Wildman–Crippen MR) is 70.2 cm³/mol. The Labute approximate surface area is 145 Å². The molecule has 0 spiro atoms. The van der Waals surface area contributed by atoms with Crippen molar-refractivity contribution >= 4 is 0 Å². The van der Waals surface area contributed by atoms with Crippen molar-refractivity contribution in [3.63, 3.8) is 0 Å². The minimum atomic E-state index is -5.96. The monoisotopic (exact) mass is 420 g/mol. The van der Waals surface area contributed by atoms with E-state index in [9.17, 15) is 52.7 Å². The molecule has 0 fully saturated rings. The maximum Gasteiger partial charge on any atom is 0.404 e. The Balaban J connectivity index is 3.74. The Morgan fingerprint density at radius 2 is 0.741 bits per heavy atom. The van der Waals surface area contributed by atoms with Crippen molar-refractivity contribution < 1.29 is 52.7 Å². The first-order chi connectivity index (χ1) is 11.8. The van der Waals surface area contributed by atoms with Crippen molar-refractivity contribution in [3.8, 4) is 0 Å². The van der Waals surface area contributed by atoms with Gasteiger partial charge in [-0.25, -0.2) is 0 Å². The third-order valence-electron chi connectivity index (χ3n) is 3.97. The summed E-state index contributed by atoms with van der Waals surface area (Å²) < 4.78 is 154. The molecule has 1 rings (SSSR count). The number of alkyl halides is 12. The second-order valence-electron chi connectivity index (χ2n) is 5.98. The molecule has 0 saturated heterocycles. The number of rotatable bonds is 3.